The van der Waals surface area contributed by atoms with Crippen molar-refractivity contribution in [3.8, 4) is 11.4 Å². The van der Waals surface area contributed by atoms with Crippen LogP contribution in [0.1, 0.15) is 43.1 Å². The van der Waals surface area contributed by atoms with E-state index in [0.717, 1.165) is 52.2 Å². The molecule has 0 amide bonds. The Balaban J connectivity index is 1.67. The number of nitrogens with zero attached hydrogens (tertiary/aromatic N) is 3. The van der Waals surface area contributed by atoms with Gasteiger partial charge in [-0.2, -0.15) is 0 Å². The van der Waals surface area contributed by atoms with E-state index in [9.17, 15) is 9.90 Å². The number of halogens is 1. The van der Waals surface area contributed by atoms with Crippen molar-refractivity contribution < 1.29 is 9.90 Å². The zero-order chi connectivity index (χ0) is 21.0. The fourth-order valence-corrected chi connectivity index (χ4v) is 4.85. The molecule has 3 heterocycles. The monoisotopic (exact) mass is 423 g/mol. The number of imidazole rings is 1. The van der Waals surface area contributed by atoms with Crippen LogP contribution in [0.2, 0.25) is 5.02 Å². The van der Waals surface area contributed by atoms with Crippen LogP contribution in [0.3, 0.4) is 0 Å². The number of fused-ring (bicyclic) bond motifs is 2. The molecule has 8 heteroatoms. The van der Waals surface area contributed by atoms with Crippen molar-refractivity contribution in [1.29, 1.82) is 0 Å². The molecule has 154 valence electrons. The number of aryl methyl sites for hydroxylation is 1. The van der Waals surface area contributed by atoms with Crippen LogP contribution in [-0.4, -0.2) is 30.4 Å². The third kappa shape index (κ3) is 2.92. The summed E-state index contributed by atoms with van der Waals surface area (Å²) < 4.78 is 2.08. The molecule has 1 aromatic carbocycles. The Bertz CT molecular complexity index is 1280. The highest BCUT2D eigenvalue weighted by molar-refractivity contribution is 6.35. The van der Waals surface area contributed by atoms with Gasteiger partial charge >= 0.3 is 5.97 Å². The average Bonchev–Trinajstić information content (AvgIpc) is 3.34. The lowest BCUT2D eigenvalue weighted by Gasteiger charge is -2.25. The highest BCUT2D eigenvalue weighted by Crippen LogP contribution is 2.39. The van der Waals surface area contributed by atoms with Crippen LogP contribution >= 0.6 is 11.6 Å². The number of aliphatic carboxylic acids is 1. The van der Waals surface area contributed by atoms with E-state index in [1.165, 1.54) is 0 Å². The predicted octanol–water partition coefficient (Wildman–Crippen LogP) is 4.78. The number of para-hydroxylation sites is 1. The van der Waals surface area contributed by atoms with Crippen LogP contribution < -0.4 is 5.73 Å². The van der Waals surface area contributed by atoms with E-state index in [0.29, 0.717) is 23.7 Å². The van der Waals surface area contributed by atoms with Gasteiger partial charge in [-0.3, -0.25) is 9.20 Å². The van der Waals surface area contributed by atoms with Crippen LogP contribution in [0.4, 0.5) is 5.82 Å². The second-order valence-corrected chi connectivity index (χ2v) is 8.47. The Kier molecular flexibility index (Phi) is 4.43. The number of carboxylic acids is 1. The average molecular weight is 424 g/mol. The van der Waals surface area contributed by atoms with Crippen molar-refractivity contribution >= 4 is 39.8 Å². The van der Waals surface area contributed by atoms with Gasteiger partial charge < -0.3 is 15.8 Å². The second-order valence-electron chi connectivity index (χ2n) is 8.06. The van der Waals surface area contributed by atoms with Crippen molar-refractivity contribution in [2.45, 2.75) is 38.5 Å². The fraction of sp³-hybridized carbons (Fsp3) is 0.318. The van der Waals surface area contributed by atoms with Gasteiger partial charge in [-0.05, 0) is 44.7 Å². The van der Waals surface area contributed by atoms with Crippen LogP contribution in [0.25, 0.3) is 27.8 Å². The molecule has 0 aliphatic heterocycles. The summed E-state index contributed by atoms with van der Waals surface area (Å²) in [5.74, 6) is 0.533. The smallest absolute Gasteiger partial charge is 0.306 e. The molecule has 7 nitrogen and oxygen atoms in total. The Morgan fingerprint density at radius 3 is 2.77 bits per heavy atom. The van der Waals surface area contributed by atoms with Crippen molar-refractivity contribution in [3.05, 3.63) is 47.0 Å². The predicted molar refractivity (Wildman–Crippen MR) is 117 cm³/mol. The molecule has 0 saturated heterocycles. The third-order valence-corrected chi connectivity index (χ3v) is 6.51. The molecule has 1 fully saturated rings. The number of carbonyl (C=O) groups is 1. The maximum Gasteiger partial charge on any atom is 0.306 e. The lowest BCUT2D eigenvalue weighted by Crippen LogP contribution is -2.21. The quantitative estimate of drug-likeness (QED) is 0.439. The number of hydrogen-bond acceptors (Lipinski definition) is 4. The number of hydrogen-bond donors (Lipinski definition) is 3. The summed E-state index contributed by atoms with van der Waals surface area (Å²) in [7, 11) is 0. The first-order valence-corrected chi connectivity index (χ1v) is 10.5. The molecule has 1 aliphatic rings. The minimum absolute atomic E-state index is 0.176. The highest BCUT2D eigenvalue weighted by Gasteiger charge is 2.31. The number of aromatic amines is 1. The number of benzene rings is 1. The van der Waals surface area contributed by atoms with Crippen molar-refractivity contribution in [2.75, 3.05) is 5.73 Å². The van der Waals surface area contributed by atoms with Gasteiger partial charge in [-0.1, -0.05) is 23.7 Å². The molecule has 1 saturated carbocycles. The maximum absolute atomic E-state index is 11.3. The summed E-state index contributed by atoms with van der Waals surface area (Å²) in [5.41, 5.74) is 10.5. The van der Waals surface area contributed by atoms with Crippen LogP contribution in [-0.2, 0) is 4.79 Å². The first kappa shape index (κ1) is 18.9. The SMILES string of the molecule is Cc1cnc(N)c2c(-c3cc4cccc(Cl)c4[nH]3)nc([C@H]3CC[C@H](C(=O)O)CC3)n12. The normalized spacial score (nSPS) is 19.5. The molecule has 4 N–H and O–H groups in total. The number of aromatic nitrogens is 4. The van der Waals surface area contributed by atoms with Crippen molar-refractivity contribution in [1.82, 2.24) is 19.4 Å². The number of nitrogens with two attached hydrogens (primary N) is 1. The number of H-pyrrole nitrogens is 1. The Hall–Kier alpha value is -3.06. The molecule has 5 rings (SSSR count). The van der Waals surface area contributed by atoms with Gasteiger partial charge in [0.1, 0.15) is 22.9 Å². The molecule has 0 spiro atoms. The molecule has 4 aromatic rings. The molecular formula is C22H22ClN5O2. The minimum Gasteiger partial charge on any atom is -0.481 e. The van der Waals surface area contributed by atoms with Crippen molar-refractivity contribution in [3.63, 3.8) is 0 Å². The van der Waals surface area contributed by atoms with Gasteiger partial charge in [0.2, 0.25) is 0 Å². The van der Waals surface area contributed by atoms with Crippen LogP contribution in [0.5, 0.6) is 0 Å². The van der Waals surface area contributed by atoms with E-state index in [4.69, 9.17) is 22.3 Å². The van der Waals surface area contributed by atoms with Gasteiger partial charge in [0, 0.05) is 23.2 Å². The number of rotatable bonds is 3. The molecule has 0 atom stereocenters. The molecule has 1 aliphatic carbocycles. The van der Waals surface area contributed by atoms with Crippen LogP contribution in [0.15, 0.2) is 30.5 Å². The largest absolute Gasteiger partial charge is 0.481 e. The third-order valence-electron chi connectivity index (χ3n) is 6.19. The maximum atomic E-state index is 11.3. The van der Waals surface area contributed by atoms with E-state index >= 15 is 0 Å². The van der Waals surface area contributed by atoms with Gasteiger partial charge in [0.05, 0.1) is 22.2 Å². The summed E-state index contributed by atoms with van der Waals surface area (Å²) in [6, 6.07) is 7.79. The van der Waals surface area contributed by atoms with E-state index in [-0.39, 0.29) is 11.8 Å². The summed E-state index contributed by atoms with van der Waals surface area (Å²) in [6.45, 7) is 1.99. The standard InChI is InChI=1S/C22H22ClN5O2/c1-11-10-25-20(24)19-18(16-9-14-3-2-4-15(23)17(14)26-16)27-21(28(11)19)12-5-7-13(8-6-12)22(29)30/h2-4,9-10,12-13,26H,5-8H2,1H3,(H2,24,25)(H,29,30)/t12-,13-. The van der Waals surface area contributed by atoms with E-state index in [1.54, 1.807) is 6.20 Å². The number of carboxylic acid groups (broad SMARTS) is 1. The first-order chi connectivity index (χ1) is 14.4. The summed E-state index contributed by atoms with van der Waals surface area (Å²) in [6.07, 6.45) is 4.64. The van der Waals surface area contributed by atoms with Gasteiger partial charge in [0.15, 0.2) is 0 Å². The van der Waals surface area contributed by atoms with Crippen molar-refractivity contribution in [2.24, 2.45) is 5.92 Å². The highest BCUT2D eigenvalue weighted by atomic mass is 35.5. The second kappa shape index (κ2) is 7.02. The van der Waals surface area contributed by atoms with Gasteiger partial charge in [0.25, 0.3) is 0 Å². The van der Waals surface area contributed by atoms with E-state index in [1.807, 2.05) is 31.2 Å². The number of nitrogens with one attached hydrogen (secondary N) is 1. The Morgan fingerprint density at radius 2 is 2.07 bits per heavy atom. The summed E-state index contributed by atoms with van der Waals surface area (Å²) in [4.78, 5) is 24.1. The van der Waals surface area contributed by atoms with E-state index in [2.05, 4.69) is 14.4 Å². The van der Waals surface area contributed by atoms with Crippen LogP contribution in [0, 0.1) is 12.8 Å². The van der Waals surface area contributed by atoms with Gasteiger partial charge in [-0.25, -0.2) is 9.97 Å². The molecular weight excluding hydrogens is 402 g/mol. The lowest BCUT2D eigenvalue weighted by molar-refractivity contribution is -0.142. The fourth-order valence-electron chi connectivity index (χ4n) is 4.62. The Morgan fingerprint density at radius 1 is 1.30 bits per heavy atom. The molecule has 30 heavy (non-hydrogen) atoms. The topological polar surface area (TPSA) is 109 Å². The van der Waals surface area contributed by atoms with Gasteiger partial charge in [-0.15, -0.1) is 0 Å². The Labute approximate surface area is 177 Å². The minimum atomic E-state index is -0.707. The number of anilines is 1. The molecule has 0 unspecified atom stereocenters. The zero-order valence-electron chi connectivity index (χ0n) is 16.5. The molecule has 3 aromatic heterocycles. The first-order valence-electron chi connectivity index (χ1n) is 10.1. The zero-order valence-corrected chi connectivity index (χ0v) is 17.3. The number of nitrogen functional groups attached to an aromatic ring is 1. The summed E-state index contributed by atoms with van der Waals surface area (Å²) >= 11 is 6.36. The summed E-state index contributed by atoms with van der Waals surface area (Å²) in [5, 5.41) is 11.0. The lowest BCUT2D eigenvalue weighted by atomic mass is 9.81. The molecule has 0 bridgehead atoms. The van der Waals surface area contributed by atoms with E-state index < -0.39 is 5.97 Å². The molecule has 0 radical (unpaired) electrons.